The van der Waals surface area contributed by atoms with Crippen LogP contribution in [-0.2, 0) is 4.79 Å². The zero-order valence-corrected chi connectivity index (χ0v) is 22.6. The smallest absolute Gasteiger partial charge is 0.276 e. The highest BCUT2D eigenvalue weighted by Crippen LogP contribution is 2.32. The second kappa shape index (κ2) is 10.9. The molecule has 2 aromatic heterocycles. The third kappa shape index (κ3) is 5.75. The minimum atomic E-state index is -0.273. The van der Waals surface area contributed by atoms with Crippen molar-refractivity contribution in [1.29, 1.82) is 0 Å². The van der Waals surface area contributed by atoms with Crippen LogP contribution < -0.4 is 14.8 Å². The molecule has 0 radical (unpaired) electrons. The van der Waals surface area contributed by atoms with Crippen LogP contribution >= 0.6 is 22.7 Å². The summed E-state index contributed by atoms with van der Waals surface area (Å²) in [5.41, 5.74) is 3.53. The number of piperidine rings is 1. The second-order valence-corrected chi connectivity index (χ2v) is 11.0. The number of nitrogens with zero attached hydrogens (tertiary/aromatic N) is 3. The lowest BCUT2D eigenvalue weighted by molar-refractivity contribution is -0.134. The van der Waals surface area contributed by atoms with Crippen LogP contribution in [0.5, 0.6) is 11.5 Å². The number of aromatic nitrogens is 2. The first-order valence-electron chi connectivity index (χ1n) is 12.1. The van der Waals surface area contributed by atoms with Gasteiger partial charge in [0.05, 0.1) is 22.3 Å². The number of hydrogen-bond donors (Lipinski definition) is 1. The maximum absolute atomic E-state index is 12.8. The van der Waals surface area contributed by atoms with E-state index >= 15 is 0 Å². The number of thiazole rings is 2. The highest BCUT2D eigenvalue weighted by Gasteiger charge is 2.27. The van der Waals surface area contributed by atoms with Gasteiger partial charge in [-0.3, -0.25) is 14.9 Å². The number of carbonyl (C=O) groups is 2. The van der Waals surface area contributed by atoms with Crippen molar-refractivity contribution >= 4 is 49.8 Å². The maximum atomic E-state index is 12.8. The van der Waals surface area contributed by atoms with Crippen LogP contribution in [-0.4, -0.2) is 53.5 Å². The molecule has 5 rings (SSSR count). The topological polar surface area (TPSA) is 93.7 Å². The van der Waals surface area contributed by atoms with E-state index in [1.54, 1.807) is 12.5 Å². The molecule has 3 heterocycles. The molecule has 10 heteroatoms. The predicted octanol–water partition coefficient (Wildman–Crippen LogP) is 5.42. The number of fused-ring (bicyclic) bond motifs is 1. The van der Waals surface area contributed by atoms with E-state index in [-0.39, 0.29) is 24.3 Å². The Morgan fingerprint density at radius 3 is 2.59 bits per heavy atom. The summed E-state index contributed by atoms with van der Waals surface area (Å²) in [6.45, 7) is 5.41. The van der Waals surface area contributed by atoms with Crippen molar-refractivity contribution in [3.8, 4) is 11.5 Å². The summed E-state index contributed by atoms with van der Waals surface area (Å²) in [4.78, 5) is 36.4. The zero-order valence-electron chi connectivity index (χ0n) is 20.9. The molecule has 37 heavy (non-hydrogen) atoms. The molecular formula is C27H28N4O4S2. The van der Waals surface area contributed by atoms with Gasteiger partial charge in [0.15, 0.2) is 11.7 Å². The fraction of sp³-hybridized carbons (Fsp3) is 0.333. The molecule has 0 aliphatic carbocycles. The normalized spacial score (nSPS) is 14.1. The van der Waals surface area contributed by atoms with Crippen LogP contribution in [0.25, 0.3) is 10.2 Å². The number of aryl methyl sites for hydroxylation is 2. The highest BCUT2D eigenvalue weighted by molar-refractivity contribution is 7.22. The molecule has 1 aliphatic rings. The van der Waals surface area contributed by atoms with E-state index in [4.69, 9.17) is 9.47 Å². The molecular weight excluding hydrogens is 508 g/mol. The van der Waals surface area contributed by atoms with Crippen molar-refractivity contribution in [2.24, 2.45) is 0 Å². The number of nitrogens with one attached hydrogen (secondary N) is 1. The average molecular weight is 537 g/mol. The molecule has 1 saturated heterocycles. The van der Waals surface area contributed by atoms with Crippen molar-refractivity contribution in [3.05, 3.63) is 63.6 Å². The van der Waals surface area contributed by atoms with Gasteiger partial charge in [0.1, 0.15) is 17.2 Å². The van der Waals surface area contributed by atoms with Gasteiger partial charge < -0.3 is 14.4 Å². The number of ether oxygens (including phenoxy) is 2. The molecule has 0 atom stereocenters. The summed E-state index contributed by atoms with van der Waals surface area (Å²) in [6.07, 6.45) is 1.62. The van der Waals surface area contributed by atoms with Gasteiger partial charge in [0.25, 0.3) is 11.8 Å². The first-order chi connectivity index (χ1) is 17.9. The Morgan fingerprint density at radius 1 is 1.05 bits per heavy atom. The number of hydrogen-bond acceptors (Lipinski definition) is 8. The van der Waals surface area contributed by atoms with Crippen LogP contribution in [0.15, 0.2) is 41.8 Å². The Bertz CT molecular complexity index is 1440. The van der Waals surface area contributed by atoms with Gasteiger partial charge in [-0.05, 0) is 68.1 Å². The number of methoxy groups -OCH3 is 1. The van der Waals surface area contributed by atoms with E-state index < -0.39 is 0 Å². The number of amides is 2. The van der Waals surface area contributed by atoms with Gasteiger partial charge in [-0.25, -0.2) is 9.97 Å². The first kappa shape index (κ1) is 25.2. The number of rotatable bonds is 7. The van der Waals surface area contributed by atoms with Gasteiger partial charge in [-0.1, -0.05) is 17.4 Å². The lowest BCUT2D eigenvalue weighted by Gasteiger charge is -2.31. The summed E-state index contributed by atoms with van der Waals surface area (Å²) in [5.74, 6) is 1.41. The van der Waals surface area contributed by atoms with E-state index in [0.29, 0.717) is 29.7 Å². The summed E-state index contributed by atoms with van der Waals surface area (Å²) < 4.78 is 11.9. The molecule has 0 spiro atoms. The largest absolute Gasteiger partial charge is 0.497 e. The number of carbonyl (C=O) groups excluding carboxylic acids is 2. The van der Waals surface area contributed by atoms with E-state index in [2.05, 4.69) is 15.3 Å². The van der Waals surface area contributed by atoms with Crippen LogP contribution in [0.2, 0.25) is 0 Å². The quantitative estimate of drug-likeness (QED) is 0.339. The SMILES string of the molecule is COc1ccc2nc(NC(=O)c3csc(C4CCN(C(=O)COc5ccc(C)c(C)c5)CC4)n3)sc2c1. The maximum Gasteiger partial charge on any atom is 0.276 e. The van der Waals surface area contributed by atoms with Gasteiger partial charge in [0.2, 0.25) is 0 Å². The Kier molecular flexibility index (Phi) is 7.38. The minimum Gasteiger partial charge on any atom is -0.497 e. The van der Waals surface area contributed by atoms with E-state index in [9.17, 15) is 9.59 Å². The van der Waals surface area contributed by atoms with Crippen LogP contribution in [0.4, 0.5) is 5.13 Å². The molecule has 2 aromatic carbocycles. The van der Waals surface area contributed by atoms with E-state index in [0.717, 1.165) is 39.4 Å². The number of likely N-dealkylation sites (tertiary alicyclic amines) is 1. The van der Waals surface area contributed by atoms with Crippen molar-refractivity contribution in [1.82, 2.24) is 14.9 Å². The molecule has 1 fully saturated rings. The van der Waals surface area contributed by atoms with Crippen molar-refractivity contribution in [2.45, 2.75) is 32.6 Å². The van der Waals surface area contributed by atoms with Gasteiger partial charge in [-0.15, -0.1) is 11.3 Å². The van der Waals surface area contributed by atoms with Crippen LogP contribution in [0.1, 0.15) is 45.4 Å². The predicted molar refractivity (Wildman–Crippen MR) is 146 cm³/mol. The van der Waals surface area contributed by atoms with Crippen molar-refractivity contribution in [2.75, 3.05) is 32.1 Å². The molecule has 1 N–H and O–H groups in total. The molecule has 1 aliphatic heterocycles. The lowest BCUT2D eigenvalue weighted by Crippen LogP contribution is -2.40. The Hall–Kier alpha value is -3.50. The summed E-state index contributed by atoms with van der Waals surface area (Å²) in [6, 6.07) is 11.5. The monoisotopic (exact) mass is 536 g/mol. The summed E-state index contributed by atoms with van der Waals surface area (Å²) >= 11 is 2.89. The summed E-state index contributed by atoms with van der Waals surface area (Å²) in [5, 5.41) is 6.10. The third-order valence-electron chi connectivity index (χ3n) is 6.61. The van der Waals surface area contributed by atoms with Gasteiger partial charge >= 0.3 is 0 Å². The minimum absolute atomic E-state index is 0.00987. The lowest BCUT2D eigenvalue weighted by atomic mass is 9.97. The number of anilines is 1. The van der Waals surface area contributed by atoms with Crippen LogP contribution in [0, 0.1) is 13.8 Å². The molecule has 0 bridgehead atoms. The number of benzene rings is 2. The molecule has 0 saturated carbocycles. The fourth-order valence-electron chi connectivity index (χ4n) is 4.24. The third-order valence-corrected chi connectivity index (χ3v) is 8.55. The summed E-state index contributed by atoms with van der Waals surface area (Å²) in [7, 11) is 1.62. The first-order valence-corrected chi connectivity index (χ1v) is 13.8. The van der Waals surface area contributed by atoms with Crippen LogP contribution in [0.3, 0.4) is 0 Å². The van der Waals surface area contributed by atoms with Crippen molar-refractivity contribution < 1.29 is 19.1 Å². The molecule has 8 nitrogen and oxygen atoms in total. The molecule has 2 amide bonds. The Labute approximate surface area is 223 Å². The highest BCUT2D eigenvalue weighted by atomic mass is 32.1. The average Bonchev–Trinajstić information content (AvgIpc) is 3.56. The van der Waals surface area contributed by atoms with E-state index in [1.165, 1.54) is 28.2 Å². The van der Waals surface area contributed by atoms with Crippen molar-refractivity contribution in [3.63, 3.8) is 0 Å². The Morgan fingerprint density at radius 2 is 1.84 bits per heavy atom. The molecule has 4 aromatic rings. The van der Waals surface area contributed by atoms with E-state index in [1.807, 2.05) is 55.1 Å². The Balaban J connectivity index is 1.13. The standard InChI is InChI=1S/C27H28N4O4S2/c1-16-4-5-20(12-17(16)2)35-14-24(32)31-10-8-18(9-11-31)26-28-22(15-36-26)25(33)30-27-29-21-7-6-19(34-3)13-23(21)37-27/h4-7,12-13,15,18H,8-11,14H2,1-3H3,(H,29,30,33). The van der Waals surface area contributed by atoms with Gasteiger partial charge in [-0.2, -0.15) is 0 Å². The fourth-order valence-corrected chi connectivity index (χ4v) is 6.10. The molecule has 192 valence electrons. The second-order valence-electron chi connectivity index (χ2n) is 9.07. The zero-order chi connectivity index (χ0) is 25.9. The molecule has 0 unspecified atom stereocenters. The van der Waals surface area contributed by atoms with Gasteiger partial charge in [0, 0.05) is 24.4 Å².